The number of hydrogen-bond acceptors (Lipinski definition) is 2. The fraction of sp³-hybridized carbons (Fsp3) is 0.647. The van der Waals surface area contributed by atoms with Crippen molar-refractivity contribution in [1.82, 2.24) is 4.90 Å². The Bertz CT molecular complexity index is 367. The van der Waals surface area contributed by atoms with Gasteiger partial charge in [-0.25, -0.2) is 0 Å². The molecule has 2 nitrogen and oxygen atoms in total. The van der Waals surface area contributed by atoms with Crippen LogP contribution in [0.5, 0.6) is 0 Å². The highest BCUT2D eigenvalue weighted by atomic mass is 15.1. The molecule has 2 N–H and O–H groups in total. The Kier molecular flexibility index (Phi) is 6.53. The lowest BCUT2D eigenvalue weighted by atomic mass is 10.0. The van der Waals surface area contributed by atoms with Crippen LogP contribution in [-0.4, -0.2) is 24.5 Å². The van der Waals surface area contributed by atoms with Crippen molar-refractivity contribution in [1.29, 1.82) is 0 Å². The third-order valence-corrected chi connectivity index (χ3v) is 3.84. The Morgan fingerprint density at radius 2 is 1.63 bits per heavy atom. The molecule has 108 valence electrons. The normalized spacial score (nSPS) is 14.7. The molecule has 0 aliphatic rings. The van der Waals surface area contributed by atoms with Crippen LogP contribution in [0.2, 0.25) is 0 Å². The molecule has 2 unspecified atom stereocenters. The molecule has 0 aromatic heterocycles. The third kappa shape index (κ3) is 5.33. The Morgan fingerprint density at radius 3 is 2.11 bits per heavy atom. The lowest BCUT2D eigenvalue weighted by molar-refractivity contribution is 0.232. The molecule has 0 saturated carbocycles. The first-order valence-electron chi connectivity index (χ1n) is 7.52. The van der Waals surface area contributed by atoms with Crippen LogP contribution in [-0.2, 0) is 0 Å². The predicted octanol–water partition coefficient (Wildman–Crippen LogP) is 3.67. The molecule has 0 radical (unpaired) electrons. The average Bonchev–Trinajstić information content (AvgIpc) is 2.36. The van der Waals surface area contributed by atoms with E-state index in [4.69, 9.17) is 5.73 Å². The minimum absolute atomic E-state index is 0.114. The maximum atomic E-state index is 6.38. The molecular weight excluding hydrogens is 232 g/mol. The van der Waals surface area contributed by atoms with Crippen molar-refractivity contribution < 1.29 is 0 Å². The van der Waals surface area contributed by atoms with Crippen LogP contribution in [0.4, 0.5) is 0 Å². The van der Waals surface area contributed by atoms with E-state index in [9.17, 15) is 0 Å². The summed E-state index contributed by atoms with van der Waals surface area (Å²) in [6.07, 6.45) is 1.23. The lowest BCUT2D eigenvalue weighted by Crippen LogP contribution is -2.35. The summed E-state index contributed by atoms with van der Waals surface area (Å²) in [4.78, 5) is 2.47. The number of hydrogen-bond donors (Lipinski definition) is 1. The van der Waals surface area contributed by atoms with Crippen LogP contribution in [0.15, 0.2) is 18.2 Å². The number of nitrogens with two attached hydrogens (primary N) is 1. The van der Waals surface area contributed by atoms with Crippen molar-refractivity contribution in [3.05, 3.63) is 34.9 Å². The van der Waals surface area contributed by atoms with E-state index in [0.29, 0.717) is 0 Å². The number of likely N-dealkylation sites (N-methyl/N-ethyl adjacent to an activating group) is 1. The summed E-state index contributed by atoms with van der Waals surface area (Å²) >= 11 is 0. The molecule has 1 aromatic rings. The summed E-state index contributed by atoms with van der Waals surface area (Å²) < 4.78 is 0. The first-order valence-corrected chi connectivity index (χ1v) is 7.52. The van der Waals surface area contributed by atoms with E-state index in [-0.39, 0.29) is 6.04 Å². The van der Waals surface area contributed by atoms with E-state index < -0.39 is 0 Å². The van der Waals surface area contributed by atoms with E-state index in [1.54, 1.807) is 0 Å². The molecule has 0 heterocycles. The molecule has 0 fully saturated rings. The summed E-state index contributed by atoms with van der Waals surface area (Å²) in [6, 6.07) is 6.75. The predicted molar refractivity (Wildman–Crippen MR) is 84.4 cm³/mol. The second-order valence-corrected chi connectivity index (χ2v) is 5.89. The highest BCUT2D eigenvalue weighted by Gasteiger charge is 2.13. The Hall–Kier alpha value is -0.860. The zero-order valence-corrected chi connectivity index (χ0v) is 13.2. The summed E-state index contributed by atoms with van der Waals surface area (Å²) in [6.45, 7) is 14.2. The third-order valence-electron chi connectivity index (χ3n) is 3.84. The molecular formula is C17H30N2. The standard InChI is InChI=1S/C17H30N2/c1-6-13(3)11-19(7-2)12-17(18)16-9-14(4)8-15(5)10-16/h8-10,13,17H,6-7,11-12,18H2,1-5H3. The highest BCUT2D eigenvalue weighted by Crippen LogP contribution is 2.17. The molecule has 0 aliphatic heterocycles. The zero-order valence-electron chi connectivity index (χ0n) is 13.2. The van der Waals surface area contributed by atoms with E-state index in [1.165, 1.54) is 23.1 Å². The van der Waals surface area contributed by atoms with Gasteiger partial charge in [0.2, 0.25) is 0 Å². The molecule has 0 spiro atoms. The van der Waals surface area contributed by atoms with Gasteiger partial charge in [0.05, 0.1) is 0 Å². The number of nitrogens with zero attached hydrogens (tertiary/aromatic N) is 1. The van der Waals surface area contributed by atoms with Gasteiger partial charge in [-0.3, -0.25) is 0 Å². The van der Waals surface area contributed by atoms with E-state index in [2.05, 4.69) is 57.7 Å². The number of rotatable bonds is 7. The Labute approximate surface area is 119 Å². The van der Waals surface area contributed by atoms with Crippen LogP contribution in [0, 0.1) is 19.8 Å². The van der Waals surface area contributed by atoms with Crippen molar-refractivity contribution in [3.8, 4) is 0 Å². The number of benzene rings is 1. The monoisotopic (exact) mass is 262 g/mol. The topological polar surface area (TPSA) is 29.3 Å². The maximum Gasteiger partial charge on any atom is 0.0424 e. The second kappa shape index (κ2) is 7.66. The largest absolute Gasteiger partial charge is 0.323 e. The fourth-order valence-electron chi connectivity index (χ4n) is 2.51. The smallest absolute Gasteiger partial charge is 0.0424 e. The highest BCUT2D eigenvalue weighted by molar-refractivity contribution is 5.30. The van der Waals surface area contributed by atoms with Gasteiger partial charge in [-0.05, 0) is 31.9 Å². The lowest BCUT2D eigenvalue weighted by Gasteiger charge is -2.27. The van der Waals surface area contributed by atoms with E-state index in [0.717, 1.165) is 25.6 Å². The SMILES string of the molecule is CCC(C)CN(CC)CC(N)c1cc(C)cc(C)c1. The molecule has 0 amide bonds. The molecule has 0 aliphatic carbocycles. The summed E-state index contributed by atoms with van der Waals surface area (Å²) in [5.41, 5.74) is 10.3. The molecule has 0 saturated heterocycles. The van der Waals surface area contributed by atoms with Crippen molar-refractivity contribution >= 4 is 0 Å². The molecule has 2 heteroatoms. The fourth-order valence-corrected chi connectivity index (χ4v) is 2.51. The van der Waals surface area contributed by atoms with Gasteiger partial charge in [-0.1, -0.05) is 56.5 Å². The van der Waals surface area contributed by atoms with Gasteiger partial charge in [0.15, 0.2) is 0 Å². The first kappa shape index (κ1) is 16.2. The van der Waals surface area contributed by atoms with Crippen molar-refractivity contribution in [3.63, 3.8) is 0 Å². The summed E-state index contributed by atoms with van der Waals surface area (Å²) in [7, 11) is 0. The van der Waals surface area contributed by atoms with Crippen LogP contribution >= 0.6 is 0 Å². The Balaban J connectivity index is 2.68. The average molecular weight is 262 g/mol. The van der Waals surface area contributed by atoms with Gasteiger partial charge in [0.25, 0.3) is 0 Å². The number of aryl methyl sites for hydroxylation is 2. The quantitative estimate of drug-likeness (QED) is 0.812. The zero-order chi connectivity index (χ0) is 14.4. The molecule has 0 bridgehead atoms. The Morgan fingerprint density at radius 1 is 1.05 bits per heavy atom. The van der Waals surface area contributed by atoms with Crippen LogP contribution in [0.25, 0.3) is 0 Å². The van der Waals surface area contributed by atoms with Gasteiger partial charge in [0.1, 0.15) is 0 Å². The van der Waals surface area contributed by atoms with E-state index in [1.807, 2.05) is 0 Å². The maximum absolute atomic E-state index is 6.38. The molecule has 1 aromatic carbocycles. The van der Waals surface area contributed by atoms with Crippen LogP contribution in [0.3, 0.4) is 0 Å². The summed E-state index contributed by atoms with van der Waals surface area (Å²) in [5.74, 6) is 0.742. The van der Waals surface area contributed by atoms with Gasteiger partial charge in [0, 0.05) is 19.1 Å². The van der Waals surface area contributed by atoms with Crippen LogP contribution in [0.1, 0.15) is 49.9 Å². The van der Waals surface area contributed by atoms with Crippen molar-refractivity contribution in [2.75, 3.05) is 19.6 Å². The second-order valence-electron chi connectivity index (χ2n) is 5.89. The molecule has 2 atom stereocenters. The molecule has 19 heavy (non-hydrogen) atoms. The van der Waals surface area contributed by atoms with Gasteiger partial charge in [-0.15, -0.1) is 0 Å². The van der Waals surface area contributed by atoms with Crippen molar-refractivity contribution in [2.45, 2.75) is 47.1 Å². The van der Waals surface area contributed by atoms with Crippen molar-refractivity contribution in [2.24, 2.45) is 11.7 Å². The van der Waals surface area contributed by atoms with E-state index >= 15 is 0 Å². The van der Waals surface area contributed by atoms with Gasteiger partial charge in [-0.2, -0.15) is 0 Å². The minimum atomic E-state index is 0.114. The summed E-state index contributed by atoms with van der Waals surface area (Å²) in [5, 5.41) is 0. The first-order chi connectivity index (χ1) is 8.96. The molecule has 1 rings (SSSR count). The minimum Gasteiger partial charge on any atom is -0.323 e. The van der Waals surface area contributed by atoms with Gasteiger partial charge < -0.3 is 10.6 Å². The van der Waals surface area contributed by atoms with Gasteiger partial charge >= 0.3 is 0 Å². The van der Waals surface area contributed by atoms with Crippen LogP contribution < -0.4 is 5.73 Å².